The van der Waals surface area contributed by atoms with Crippen LogP contribution in [0.3, 0.4) is 0 Å². The number of sulfonamides is 1. The summed E-state index contributed by atoms with van der Waals surface area (Å²) in [5.41, 5.74) is 1.55. The lowest BCUT2D eigenvalue weighted by Gasteiger charge is -2.47. The van der Waals surface area contributed by atoms with Gasteiger partial charge in [0.1, 0.15) is 0 Å². The molecule has 1 heterocycles. The highest BCUT2D eigenvalue weighted by Gasteiger charge is 2.44. The summed E-state index contributed by atoms with van der Waals surface area (Å²) in [5, 5.41) is 3.48. The van der Waals surface area contributed by atoms with Crippen molar-refractivity contribution in [3.63, 3.8) is 0 Å². The number of benzene rings is 2. The molecule has 0 amide bonds. The van der Waals surface area contributed by atoms with E-state index in [1.807, 2.05) is 48.5 Å². The highest BCUT2D eigenvalue weighted by molar-refractivity contribution is 7.92. The van der Waals surface area contributed by atoms with Crippen LogP contribution in [0.1, 0.15) is 32.3 Å². The monoisotopic (exact) mass is 386 g/mol. The standard InChI is InChI=1S/C22H30N2O2S/c1-22(2,19-12-6-4-7-13-19)21(18-11-10-16-23-17-18)24(27(3,25)26)20-14-8-5-9-15-20/h4-9,12-15,18,21,23H,10-11,16-17H2,1-3H3. The summed E-state index contributed by atoms with van der Waals surface area (Å²) in [6.45, 7) is 6.17. The molecule has 0 aliphatic carbocycles. The van der Waals surface area contributed by atoms with Gasteiger partial charge in [0.15, 0.2) is 0 Å². The van der Waals surface area contributed by atoms with Crippen molar-refractivity contribution in [2.45, 2.75) is 38.1 Å². The molecule has 1 N–H and O–H groups in total. The number of nitrogens with zero attached hydrogens (tertiary/aromatic N) is 1. The summed E-state index contributed by atoms with van der Waals surface area (Å²) in [4.78, 5) is 0. The minimum atomic E-state index is -3.45. The molecule has 1 saturated heterocycles. The number of hydrogen-bond donors (Lipinski definition) is 1. The van der Waals surface area contributed by atoms with E-state index in [0.29, 0.717) is 0 Å². The Hall–Kier alpha value is -1.85. The van der Waals surface area contributed by atoms with Crippen molar-refractivity contribution >= 4 is 15.7 Å². The number of para-hydroxylation sites is 1. The van der Waals surface area contributed by atoms with Crippen LogP contribution < -0.4 is 9.62 Å². The molecule has 2 atom stereocenters. The van der Waals surface area contributed by atoms with Crippen LogP contribution in [0.2, 0.25) is 0 Å². The van der Waals surface area contributed by atoms with E-state index in [9.17, 15) is 8.42 Å². The SMILES string of the molecule is CC(C)(c1ccccc1)C(C1CCCNC1)N(c1ccccc1)S(C)(=O)=O. The first kappa shape index (κ1) is 19.9. The normalized spacial score (nSPS) is 19.4. The Morgan fingerprint density at radius 3 is 2.15 bits per heavy atom. The molecule has 5 heteroatoms. The molecule has 0 saturated carbocycles. The van der Waals surface area contributed by atoms with Gasteiger partial charge in [-0.05, 0) is 49.5 Å². The number of piperidine rings is 1. The summed E-state index contributed by atoms with van der Waals surface area (Å²) < 4.78 is 27.7. The Morgan fingerprint density at radius 1 is 1.04 bits per heavy atom. The lowest BCUT2D eigenvalue weighted by atomic mass is 9.70. The average Bonchev–Trinajstić information content (AvgIpc) is 2.67. The van der Waals surface area contributed by atoms with Crippen LogP contribution in [0, 0.1) is 5.92 Å². The van der Waals surface area contributed by atoms with Gasteiger partial charge >= 0.3 is 0 Å². The Kier molecular flexibility index (Phi) is 5.92. The minimum Gasteiger partial charge on any atom is -0.316 e. The van der Waals surface area contributed by atoms with Crippen molar-refractivity contribution in [3.8, 4) is 0 Å². The first-order chi connectivity index (χ1) is 12.8. The van der Waals surface area contributed by atoms with E-state index in [0.717, 1.165) is 37.2 Å². The van der Waals surface area contributed by atoms with Crippen molar-refractivity contribution in [1.82, 2.24) is 5.32 Å². The van der Waals surface area contributed by atoms with Crippen molar-refractivity contribution in [2.75, 3.05) is 23.7 Å². The molecule has 4 nitrogen and oxygen atoms in total. The predicted molar refractivity (Wildman–Crippen MR) is 113 cm³/mol. The molecule has 2 aromatic carbocycles. The Bertz CT molecular complexity index is 829. The fourth-order valence-electron chi connectivity index (χ4n) is 4.39. The molecule has 1 aliphatic heterocycles. The third-order valence-electron chi connectivity index (χ3n) is 5.66. The molecule has 3 rings (SSSR count). The van der Waals surface area contributed by atoms with E-state index in [4.69, 9.17) is 0 Å². The van der Waals surface area contributed by atoms with Crippen LogP contribution in [0.5, 0.6) is 0 Å². The molecule has 27 heavy (non-hydrogen) atoms. The van der Waals surface area contributed by atoms with Gasteiger partial charge in [-0.1, -0.05) is 62.4 Å². The zero-order valence-electron chi connectivity index (χ0n) is 16.4. The highest BCUT2D eigenvalue weighted by Crippen LogP contribution is 2.40. The van der Waals surface area contributed by atoms with Crippen molar-refractivity contribution in [1.29, 1.82) is 0 Å². The predicted octanol–water partition coefficient (Wildman–Crippen LogP) is 3.80. The van der Waals surface area contributed by atoms with Crippen LogP contribution in [-0.2, 0) is 15.4 Å². The van der Waals surface area contributed by atoms with Gasteiger partial charge in [-0.3, -0.25) is 4.31 Å². The Morgan fingerprint density at radius 2 is 1.63 bits per heavy atom. The maximum absolute atomic E-state index is 13.0. The summed E-state index contributed by atoms with van der Waals surface area (Å²) in [6.07, 6.45) is 3.41. The van der Waals surface area contributed by atoms with E-state index in [1.54, 1.807) is 4.31 Å². The maximum atomic E-state index is 13.0. The zero-order valence-corrected chi connectivity index (χ0v) is 17.2. The second-order valence-corrected chi connectivity index (χ2v) is 9.89. The fraction of sp³-hybridized carbons (Fsp3) is 0.455. The van der Waals surface area contributed by atoms with Crippen molar-refractivity contribution in [3.05, 3.63) is 66.2 Å². The number of anilines is 1. The third-order valence-corrected chi connectivity index (χ3v) is 6.81. The summed E-state index contributed by atoms with van der Waals surface area (Å²) in [7, 11) is -3.45. The molecule has 0 spiro atoms. The molecular formula is C22H30N2O2S. The fourth-order valence-corrected chi connectivity index (χ4v) is 5.75. The van der Waals surface area contributed by atoms with Gasteiger partial charge in [-0.25, -0.2) is 8.42 Å². The quantitative estimate of drug-likeness (QED) is 0.821. The summed E-state index contributed by atoms with van der Waals surface area (Å²) >= 11 is 0. The first-order valence-electron chi connectivity index (χ1n) is 9.62. The molecule has 0 bridgehead atoms. The molecule has 1 fully saturated rings. The zero-order chi connectivity index (χ0) is 19.5. The van der Waals surface area contributed by atoms with Crippen LogP contribution >= 0.6 is 0 Å². The molecule has 2 unspecified atom stereocenters. The lowest BCUT2D eigenvalue weighted by Crippen LogP contribution is -2.57. The number of nitrogens with one attached hydrogen (secondary N) is 1. The van der Waals surface area contributed by atoms with Gasteiger partial charge in [0.2, 0.25) is 10.0 Å². The smallest absolute Gasteiger partial charge is 0.232 e. The van der Waals surface area contributed by atoms with E-state index >= 15 is 0 Å². The second kappa shape index (κ2) is 8.03. The molecular weight excluding hydrogens is 356 g/mol. The van der Waals surface area contributed by atoms with Crippen LogP contribution in [0.25, 0.3) is 0 Å². The van der Waals surface area contributed by atoms with E-state index in [-0.39, 0.29) is 17.4 Å². The topological polar surface area (TPSA) is 49.4 Å². The number of hydrogen-bond acceptors (Lipinski definition) is 3. The Balaban J connectivity index is 2.15. The first-order valence-corrected chi connectivity index (χ1v) is 11.5. The molecule has 0 radical (unpaired) electrons. The average molecular weight is 387 g/mol. The van der Waals surface area contributed by atoms with Crippen molar-refractivity contribution < 1.29 is 8.42 Å². The minimum absolute atomic E-state index is 0.176. The van der Waals surface area contributed by atoms with Crippen LogP contribution in [0.4, 0.5) is 5.69 Å². The highest BCUT2D eigenvalue weighted by atomic mass is 32.2. The van der Waals surface area contributed by atoms with E-state index in [1.165, 1.54) is 6.26 Å². The van der Waals surface area contributed by atoms with Gasteiger partial charge in [0.25, 0.3) is 0 Å². The maximum Gasteiger partial charge on any atom is 0.232 e. The molecule has 0 aromatic heterocycles. The van der Waals surface area contributed by atoms with E-state index in [2.05, 4.69) is 31.3 Å². The van der Waals surface area contributed by atoms with Gasteiger partial charge < -0.3 is 5.32 Å². The largest absolute Gasteiger partial charge is 0.316 e. The summed E-state index contributed by atoms with van der Waals surface area (Å²) in [5.74, 6) is 0.240. The van der Waals surface area contributed by atoms with Crippen LogP contribution in [-0.4, -0.2) is 33.8 Å². The van der Waals surface area contributed by atoms with Gasteiger partial charge in [-0.2, -0.15) is 0 Å². The Labute approximate surface area is 163 Å². The molecule has 1 aliphatic rings. The third kappa shape index (κ3) is 4.36. The lowest BCUT2D eigenvalue weighted by molar-refractivity contribution is 0.250. The molecule has 2 aromatic rings. The number of rotatable bonds is 6. The van der Waals surface area contributed by atoms with Gasteiger partial charge in [-0.15, -0.1) is 0 Å². The van der Waals surface area contributed by atoms with Crippen LogP contribution in [0.15, 0.2) is 60.7 Å². The summed E-state index contributed by atoms with van der Waals surface area (Å²) in [6, 6.07) is 19.6. The van der Waals surface area contributed by atoms with Gasteiger partial charge in [0.05, 0.1) is 18.0 Å². The molecule has 146 valence electrons. The van der Waals surface area contributed by atoms with Gasteiger partial charge in [0, 0.05) is 5.41 Å². The van der Waals surface area contributed by atoms with Crippen molar-refractivity contribution in [2.24, 2.45) is 5.92 Å². The second-order valence-electron chi connectivity index (χ2n) is 8.03. The van der Waals surface area contributed by atoms with E-state index < -0.39 is 10.0 Å².